The van der Waals surface area contributed by atoms with Gasteiger partial charge in [-0.2, -0.15) is 0 Å². The zero-order chi connectivity index (χ0) is 36.2. The first-order chi connectivity index (χ1) is 24.0. The van der Waals surface area contributed by atoms with Crippen molar-refractivity contribution in [1.82, 2.24) is 10.2 Å². The number of amides is 3. The van der Waals surface area contributed by atoms with Crippen molar-refractivity contribution >= 4 is 56.9 Å². The monoisotopic (exact) mass is 769 g/mol. The Morgan fingerprint density at radius 2 is 1.86 bits per heavy atom. The molecule has 3 aliphatic rings. The predicted octanol–water partition coefficient (Wildman–Crippen LogP) is 5.38. The number of nitrogens with zero attached hydrogens (tertiary/aromatic N) is 2. The summed E-state index contributed by atoms with van der Waals surface area (Å²) < 4.78 is 12.3. The van der Waals surface area contributed by atoms with Crippen LogP contribution in [-0.4, -0.2) is 82.1 Å². The van der Waals surface area contributed by atoms with E-state index in [1.54, 1.807) is 36.4 Å². The smallest absolute Gasteiger partial charge is 0.306 e. The highest BCUT2D eigenvalue weighted by atomic mass is 79.9. The van der Waals surface area contributed by atoms with Gasteiger partial charge in [0.15, 0.2) is 0 Å². The number of carbonyl (C=O) groups excluding carboxylic acids is 4. The maximum Gasteiger partial charge on any atom is 0.306 e. The summed E-state index contributed by atoms with van der Waals surface area (Å²) in [5.41, 5.74) is -0.211. The first kappa shape index (κ1) is 37.7. The molecular formula is C38H45BrClN3O7. The lowest BCUT2D eigenvalue weighted by Gasteiger charge is -2.40. The number of aliphatic hydroxyl groups is 1. The third-order valence-corrected chi connectivity index (χ3v) is 11.0. The first-order valence-electron chi connectivity index (χ1n) is 17.0. The van der Waals surface area contributed by atoms with E-state index in [1.165, 1.54) is 9.80 Å². The molecule has 0 radical (unpaired) electrons. The van der Waals surface area contributed by atoms with Crippen molar-refractivity contribution in [2.75, 3.05) is 24.7 Å². The van der Waals surface area contributed by atoms with Crippen LogP contribution in [0.1, 0.15) is 51.1 Å². The van der Waals surface area contributed by atoms with E-state index in [4.69, 9.17) is 21.1 Å². The molecule has 0 aromatic heterocycles. The topological polar surface area (TPSA) is 125 Å². The Kier molecular flexibility index (Phi) is 12.2. The number of halogens is 2. The van der Waals surface area contributed by atoms with Gasteiger partial charge in [0.25, 0.3) is 5.91 Å². The lowest BCUT2D eigenvalue weighted by atomic mass is 9.70. The van der Waals surface area contributed by atoms with Crippen molar-refractivity contribution < 1.29 is 33.8 Å². The number of aliphatic hydroxyl groups excluding tert-OH is 1. The fraction of sp³-hybridized carbons (Fsp3) is 0.474. The molecule has 268 valence electrons. The Morgan fingerprint density at radius 1 is 1.16 bits per heavy atom. The number of rotatable bonds is 16. The molecular weight excluding hydrogens is 726 g/mol. The van der Waals surface area contributed by atoms with Gasteiger partial charge in [0.2, 0.25) is 11.8 Å². The van der Waals surface area contributed by atoms with E-state index in [1.807, 2.05) is 44.2 Å². The number of benzene rings is 2. The Labute approximate surface area is 306 Å². The number of likely N-dealkylation sites (tertiary alicyclic amines) is 1. The minimum atomic E-state index is -1.38. The van der Waals surface area contributed by atoms with E-state index in [2.05, 4.69) is 34.4 Å². The van der Waals surface area contributed by atoms with Crippen LogP contribution >= 0.6 is 27.5 Å². The van der Waals surface area contributed by atoms with Gasteiger partial charge < -0.3 is 29.7 Å². The number of anilines is 1. The molecule has 12 heteroatoms. The van der Waals surface area contributed by atoms with Crippen LogP contribution in [0, 0.1) is 17.8 Å². The molecule has 3 amide bonds. The molecule has 10 nitrogen and oxygen atoms in total. The quantitative estimate of drug-likeness (QED) is 0.134. The number of hydrogen-bond acceptors (Lipinski definition) is 7. The second-order valence-corrected chi connectivity index (χ2v) is 15.1. The summed E-state index contributed by atoms with van der Waals surface area (Å²) in [5.74, 6) is -3.64. The minimum absolute atomic E-state index is 0.0857. The second kappa shape index (κ2) is 16.2. The molecule has 3 fully saturated rings. The van der Waals surface area contributed by atoms with Crippen molar-refractivity contribution in [2.24, 2.45) is 17.8 Å². The Balaban J connectivity index is 1.54. The van der Waals surface area contributed by atoms with Crippen LogP contribution in [-0.2, 0) is 28.7 Å². The molecule has 1 spiro atoms. The summed E-state index contributed by atoms with van der Waals surface area (Å²) in [6.07, 6.45) is 3.83. The van der Waals surface area contributed by atoms with Crippen molar-refractivity contribution in [3.8, 4) is 0 Å². The number of carbonyl (C=O) groups is 4. The minimum Gasteiger partial charge on any atom is -0.463 e. The molecule has 8 atom stereocenters. The predicted molar refractivity (Wildman–Crippen MR) is 195 cm³/mol. The number of fused-ring (bicyclic) bond motifs is 1. The summed E-state index contributed by atoms with van der Waals surface area (Å²) in [7, 11) is 0. The molecule has 2 N–H and O–H groups in total. The molecule has 1 unspecified atom stereocenters. The van der Waals surface area contributed by atoms with Crippen LogP contribution in [0.15, 0.2) is 79.9 Å². The fourth-order valence-corrected chi connectivity index (χ4v) is 8.94. The lowest BCUT2D eigenvalue weighted by Crippen LogP contribution is -2.59. The van der Waals surface area contributed by atoms with Gasteiger partial charge >= 0.3 is 5.97 Å². The maximum absolute atomic E-state index is 14.9. The van der Waals surface area contributed by atoms with Crippen LogP contribution in [0.3, 0.4) is 0 Å². The van der Waals surface area contributed by atoms with E-state index >= 15 is 0 Å². The molecule has 3 saturated heterocycles. The highest BCUT2D eigenvalue weighted by molar-refractivity contribution is 9.09. The van der Waals surface area contributed by atoms with Gasteiger partial charge in [-0.3, -0.25) is 19.2 Å². The zero-order valence-electron chi connectivity index (χ0n) is 28.4. The van der Waals surface area contributed by atoms with Gasteiger partial charge in [0.1, 0.15) is 18.2 Å². The van der Waals surface area contributed by atoms with Gasteiger partial charge in [-0.1, -0.05) is 96.0 Å². The van der Waals surface area contributed by atoms with Crippen LogP contribution in [0.25, 0.3) is 0 Å². The van der Waals surface area contributed by atoms with Crippen LogP contribution in [0.5, 0.6) is 0 Å². The number of alkyl halides is 1. The highest BCUT2D eigenvalue weighted by Gasteiger charge is 2.77. The molecule has 3 heterocycles. The third-order valence-electron chi connectivity index (χ3n) is 9.81. The van der Waals surface area contributed by atoms with Gasteiger partial charge in [0, 0.05) is 17.8 Å². The Bertz CT molecular complexity index is 1590. The summed E-state index contributed by atoms with van der Waals surface area (Å²) in [6, 6.07) is 13.5. The molecule has 2 aromatic carbocycles. The summed E-state index contributed by atoms with van der Waals surface area (Å²) in [6.45, 7) is 11.1. The number of hydrogen-bond donors (Lipinski definition) is 2. The molecule has 2 bridgehead atoms. The number of allylic oxidation sites excluding steroid dienone is 1. The maximum atomic E-state index is 14.9. The van der Waals surface area contributed by atoms with E-state index in [0.29, 0.717) is 23.6 Å². The lowest BCUT2D eigenvalue weighted by molar-refractivity contribution is -0.146. The molecule has 0 aliphatic carbocycles. The van der Waals surface area contributed by atoms with Crippen LogP contribution < -0.4 is 10.2 Å². The van der Waals surface area contributed by atoms with E-state index in [-0.39, 0.29) is 43.3 Å². The van der Waals surface area contributed by atoms with Crippen molar-refractivity contribution in [1.29, 1.82) is 0 Å². The molecule has 50 heavy (non-hydrogen) atoms. The average molecular weight is 771 g/mol. The standard InChI is InChI=1S/C38H45BrClN3O7/c1-5-7-17-30(45)49-22-28(24-13-9-8-10-14-24)41-35(46)31-32-36(47)43(25(21-44)19-23(3)4)34(38(32)20-26(39)33(31)50-38)37(48)42(18-6-2)29-16-12-11-15-27(29)40/h5-6,8-16,23,25-26,28,31-34,44H,1-2,7,17-22H2,3-4H3,(H,41,46)/t25-,26?,28+,31+,32-,33+,34+,38-/m1/s1. The highest BCUT2D eigenvalue weighted by Crippen LogP contribution is 2.61. The largest absolute Gasteiger partial charge is 0.463 e. The Hall–Kier alpha value is -3.51. The fourth-order valence-electron chi connectivity index (χ4n) is 7.76. The zero-order valence-corrected chi connectivity index (χ0v) is 30.7. The summed E-state index contributed by atoms with van der Waals surface area (Å²) in [5, 5.41) is 14.1. The molecule has 5 rings (SSSR count). The van der Waals surface area contributed by atoms with Crippen molar-refractivity contribution in [2.45, 2.75) is 74.2 Å². The third kappa shape index (κ3) is 7.28. The SMILES string of the molecule is C=CCCC(=O)OC[C@H](NC(=O)[C@@H]1[C@H]2O[C@@]3(CC2Br)[C@H](C(=O)N(CC=C)c2ccccc2Cl)N([C@@H](CO)CC(C)C)C(=O)[C@@H]13)c1ccccc1. The Morgan fingerprint density at radius 3 is 2.50 bits per heavy atom. The van der Waals surface area contributed by atoms with Crippen molar-refractivity contribution in [3.05, 3.63) is 90.5 Å². The number of esters is 1. The second-order valence-electron chi connectivity index (χ2n) is 13.5. The van der Waals surface area contributed by atoms with Crippen molar-refractivity contribution in [3.63, 3.8) is 0 Å². The van der Waals surface area contributed by atoms with Crippen LogP contribution in [0.2, 0.25) is 5.02 Å². The number of nitrogens with one attached hydrogen (secondary N) is 1. The molecule has 2 aromatic rings. The first-order valence-corrected chi connectivity index (χ1v) is 18.3. The summed E-state index contributed by atoms with van der Waals surface area (Å²) >= 11 is 10.3. The van der Waals surface area contributed by atoms with E-state index in [9.17, 15) is 24.3 Å². The summed E-state index contributed by atoms with van der Waals surface area (Å²) in [4.78, 5) is 59.2. The molecule has 3 aliphatic heterocycles. The van der Waals surface area contributed by atoms with Gasteiger partial charge in [-0.05, 0) is 42.9 Å². The van der Waals surface area contributed by atoms with E-state index < -0.39 is 65.4 Å². The van der Waals surface area contributed by atoms with Gasteiger partial charge in [0.05, 0.1) is 47.3 Å². The van der Waals surface area contributed by atoms with Gasteiger partial charge in [-0.15, -0.1) is 13.2 Å². The number of ether oxygens (including phenoxy) is 2. The number of para-hydroxylation sites is 1. The molecule has 0 saturated carbocycles. The normalized spacial score (nSPS) is 26.3. The van der Waals surface area contributed by atoms with Gasteiger partial charge in [-0.25, -0.2) is 0 Å². The van der Waals surface area contributed by atoms with E-state index in [0.717, 1.165) is 5.56 Å². The average Bonchev–Trinajstić information content (AvgIpc) is 3.70. The van der Waals surface area contributed by atoms with Crippen LogP contribution in [0.4, 0.5) is 5.69 Å².